The number of halogens is 1. The Labute approximate surface area is 121 Å². The summed E-state index contributed by atoms with van der Waals surface area (Å²) in [4.78, 5) is 11.5. The fourth-order valence-corrected chi connectivity index (χ4v) is 1.43. The molecular formula is C14H23ClN2O2. The van der Waals surface area contributed by atoms with Crippen LogP contribution in [0, 0.1) is 12.8 Å². The van der Waals surface area contributed by atoms with Crippen molar-refractivity contribution < 1.29 is 9.53 Å². The molecule has 1 atom stereocenters. The van der Waals surface area contributed by atoms with Gasteiger partial charge in [-0.15, -0.1) is 12.4 Å². The highest BCUT2D eigenvalue weighted by molar-refractivity contribution is 5.85. The highest BCUT2D eigenvalue weighted by Crippen LogP contribution is 2.12. The Morgan fingerprint density at radius 1 is 1.47 bits per heavy atom. The number of hydrogen-bond donors (Lipinski definition) is 2. The molecule has 4 nitrogen and oxygen atoms in total. The molecule has 1 aromatic rings. The fraction of sp³-hybridized carbons (Fsp3) is 0.500. The Bertz CT molecular complexity index is 385. The first-order chi connectivity index (χ1) is 8.61. The van der Waals surface area contributed by atoms with E-state index in [-0.39, 0.29) is 18.3 Å². The van der Waals surface area contributed by atoms with Crippen LogP contribution in [0.3, 0.4) is 0 Å². The van der Waals surface area contributed by atoms with Gasteiger partial charge in [0, 0.05) is 6.54 Å². The monoisotopic (exact) mass is 286 g/mol. The lowest BCUT2D eigenvalue weighted by Gasteiger charge is -2.10. The fourth-order valence-electron chi connectivity index (χ4n) is 1.43. The first kappa shape index (κ1) is 17.7. The molecule has 0 saturated carbocycles. The molecule has 1 aromatic carbocycles. The molecule has 19 heavy (non-hydrogen) atoms. The number of amides is 1. The van der Waals surface area contributed by atoms with Gasteiger partial charge in [-0.2, -0.15) is 0 Å². The van der Waals surface area contributed by atoms with Gasteiger partial charge in [-0.05, 0) is 37.1 Å². The van der Waals surface area contributed by atoms with E-state index in [9.17, 15) is 4.79 Å². The van der Waals surface area contributed by atoms with Crippen LogP contribution in [0.5, 0.6) is 5.75 Å². The van der Waals surface area contributed by atoms with Crippen LogP contribution in [0.4, 0.5) is 0 Å². The van der Waals surface area contributed by atoms with Gasteiger partial charge in [0.2, 0.25) is 5.91 Å². The van der Waals surface area contributed by atoms with Crippen molar-refractivity contribution >= 4 is 18.3 Å². The summed E-state index contributed by atoms with van der Waals surface area (Å²) < 4.78 is 5.51. The second-order valence-electron chi connectivity index (χ2n) is 4.56. The quantitative estimate of drug-likeness (QED) is 0.805. The van der Waals surface area contributed by atoms with Gasteiger partial charge in [-0.3, -0.25) is 4.79 Å². The number of carbonyl (C=O) groups excluding carboxylic acids is 1. The zero-order valence-electron chi connectivity index (χ0n) is 11.5. The van der Waals surface area contributed by atoms with E-state index in [2.05, 4.69) is 5.32 Å². The number of aryl methyl sites for hydroxylation is 1. The van der Waals surface area contributed by atoms with Crippen molar-refractivity contribution in [1.82, 2.24) is 5.32 Å². The van der Waals surface area contributed by atoms with Crippen LogP contribution in [0.25, 0.3) is 0 Å². The molecule has 108 valence electrons. The van der Waals surface area contributed by atoms with Gasteiger partial charge < -0.3 is 15.8 Å². The topological polar surface area (TPSA) is 64.3 Å². The molecule has 5 heteroatoms. The molecule has 1 unspecified atom stereocenters. The van der Waals surface area contributed by atoms with Crippen molar-refractivity contribution in [2.45, 2.75) is 20.3 Å². The van der Waals surface area contributed by atoms with Crippen molar-refractivity contribution in [3.8, 4) is 5.75 Å². The summed E-state index contributed by atoms with van der Waals surface area (Å²) in [6.07, 6.45) is 0.366. The van der Waals surface area contributed by atoms with Crippen LogP contribution in [0.15, 0.2) is 24.3 Å². The first-order valence-electron chi connectivity index (χ1n) is 6.28. The van der Waals surface area contributed by atoms with Crippen LogP contribution >= 0.6 is 12.4 Å². The SMILES string of the molecule is Cc1cccc(OCCC(=O)NCC(C)CN)c1.Cl. The summed E-state index contributed by atoms with van der Waals surface area (Å²) in [5.74, 6) is 1.12. The Balaban J connectivity index is 0.00000324. The molecule has 0 radical (unpaired) electrons. The molecule has 1 amide bonds. The molecule has 0 bridgehead atoms. The van der Waals surface area contributed by atoms with Crippen LogP contribution in [0.2, 0.25) is 0 Å². The molecular weight excluding hydrogens is 264 g/mol. The van der Waals surface area contributed by atoms with E-state index in [4.69, 9.17) is 10.5 Å². The standard InChI is InChI=1S/C14H22N2O2.ClH/c1-11-4-3-5-13(8-11)18-7-6-14(17)16-10-12(2)9-15;/h3-5,8,12H,6-7,9-10,15H2,1-2H3,(H,16,17);1H. The molecule has 0 heterocycles. The molecule has 0 aliphatic rings. The number of nitrogens with one attached hydrogen (secondary N) is 1. The minimum Gasteiger partial charge on any atom is -0.493 e. The maximum atomic E-state index is 11.5. The van der Waals surface area contributed by atoms with E-state index >= 15 is 0 Å². The molecule has 0 spiro atoms. The minimum absolute atomic E-state index is 0. The Morgan fingerprint density at radius 3 is 2.84 bits per heavy atom. The van der Waals surface area contributed by atoms with E-state index in [1.165, 1.54) is 0 Å². The Hall–Kier alpha value is -1.26. The lowest BCUT2D eigenvalue weighted by Crippen LogP contribution is -2.31. The number of nitrogens with two attached hydrogens (primary N) is 1. The third kappa shape index (κ3) is 7.70. The van der Waals surface area contributed by atoms with E-state index in [1.807, 2.05) is 38.1 Å². The number of benzene rings is 1. The average molecular weight is 287 g/mol. The summed E-state index contributed by atoms with van der Waals surface area (Å²) in [5.41, 5.74) is 6.62. The Morgan fingerprint density at radius 2 is 2.21 bits per heavy atom. The number of ether oxygens (including phenoxy) is 1. The van der Waals surface area contributed by atoms with E-state index < -0.39 is 0 Å². The molecule has 0 aromatic heterocycles. The third-order valence-corrected chi connectivity index (χ3v) is 2.64. The van der Waals surface area contributed by atoms with Crippen LogP contribution < -0.4 is 15.8 Å². The summed E-state index contributed by atoms with van der Waals surface area (Å²) in [7, 11) is 0. The molecule has 1 rings (SSSR count). The van der Waals surface area contributed by atoms with Gasteiger partial charge in [0.25, 0.3) is 0 Å². The van der Waals surface area contributed by atoms with Crippen LogP contribution in [-0.2, 0) is 4.79 Å². The van der Waals surface area contributed by atoms with Gasteiger partial charge in [0.15, 0.2) is 0 Å². The first-order valence-corrected chi connectivity index (χ1v) is 6.28. The maximum absolute atomic E-state index is 11.5. The second kappa shape index (κ2) is 9.64. The lowest BCUT2D eigenvalue weighted by atomic mass is 10.2. The number of carbonyl (C=O) groups is 1. The highest BCUT2D eigenvalue weighted by Gasteiger charge is 2.04. The van der Waals surface area contributed by atoms with Crippen molar-refractivity contribution in [2.75, 3.05) is 19.7 Å². The van der Waals surface area contributed by atoms with E-state index in [0.717, 1.165) is 11.3 Å². The predicted molar refractivity (Wildman–Crippen MR) is 79.8 cm³/mol. The summed E-state index contributed by atoms with van der Waals surface area (Å²) in [6.45, 7) is 5.61. The normalized spacial score (nSPS) is 11.3. The lowest BCUT2D eigenvalue weighted by molar-refractivity contribution is -0.121. The average Bonchev–Trinajstić information content (AvgIpc) is 2.36. The van der Waals surface area contributed by atoms with Crippen molar-refractivity contribution in [3.05, 3.63) is 29.8 Å². The van der Waals surface area contributed by atoms with Crippen molar-refractivity contribution in [2.24, 2.45) is 11.7 Å². The zero-order chi connectivity index (χ0) is 13.4. The van der Waals surface area contributed by atoms with E-state index in [1.54, 1.807) is 0 Å². The van der Waals surface area contributed by atoms with Gasteiger partial charge >= 0.3 is 0 Å². The largest absolute Gasteiger partial charge is 0.493 e. The highest BCUT2D eigenvalue weighted by atomic mass is 35.5. The number of hydrogen-bond acceptors (Lipinski definition) is 3. The molecule has 3 N–H and O–H groups in total. The Kier molecular flexibility index (Phi) is 9.00. The summed E-state index contributed by atoms with van der Waals surface area (Å²) >= 11 is 0. The van der Waals surface area contributed by atoms with Crippen LogP contribution in [0.1, 0.15) is 18.9 Å². The third-order valence-electron chi connectivity index (χ3n) is 2.64. The number of rotatable bonds is 7. The molecule has 0 saturated heterocycles. The molecule has 0 fully saturated rings. The summed E-state index contributed by atoms with van der Waals surface area (Å²) in [6, 6.07) is 7.79. The predicted octanol–water partition coefficient (Wildman–Crippen LogP) is 1.90. The smallest absolute Gasteiger partial charge is 0.223 e. The van der Waals surface area contributed by atoms with Gasteiger partial charge in [-0.1, -0.05) is 19.1 Å². The van der Waals surface area contributed by atoms with Gasteiger partial charge in [0.05, 0.1) is 13.0 Å². The molecule has 0 aliphatic carbocycles. The van der Waals surface area contributed by atoms with Crippen molar-refractivity contribution in [1.29, 1.82) is 0 Å². The van der Waals surface area contributed by atoms with Gasteiger partial charge in [0.1, 0.15) is 5.75 Å². The molecule has 0 aliphatic heterocycles. The zero-order valence-corrected chi connectivity index (χ0v) is 12.3. The second-order valence-corrected chi connectivity index (χ2v) is 4.56. The van der Waals surface area contributed by atoms with Crippen LogP contribution in [-0.4, -0.2) is 25.6 Å². The maximum Gasteiger partial charge on any atom is 0.223 e. The van der Waals surface area contributed by atoms with Crippen molar-refractivity contribution in [3.63, 3.8) is 0 Å². The van der Waals surface area contributed by atoms with E-state index in [0.29, 0.717) is 32.0 Å². The van der Waals surface area contributed by atoms with Gasteiger partial charge in [-0.25, -0.2) is 0 Å². The summed E-state index contributed by atoms with van der Waals surface area (Å²) in [5, 5.41) is 2.83. The minimum atomic E-state index is 0.